The molecule has 1 unspecified atom stereocenters. The predicted octanol–water partition coefficient (Wildman–Crippen LogP) is 3.30. The van der Waals surface area contributed by atoms with E-state index in [9.17, 15) is 9.18 Å². The van der Waals surface area contributed by atoms with E-state index in [1.165, 1.54) is 25.0 Å². The van der Waals surface area contributed by atoms with Crippen LogP contribution in [0.4, 0.5) is 4.39 Å². The van der Waals surface area contributed by atoms with Crippen molar-refractivity contribution in [3.05, 3.63) is 41.2 Å². The van der Waals surface area contributed by atoms with E-state index in [2.05, 4.69) is 11.8 Å². The maximum Gasteiger partial charge on any atom is 0.328 e. The Bertz CT molecular complexity index is 513. The van der Waals surface area contributed by atoms with Gasteiger partial charge in [-0.15, -0.1) is 0 Å². The van der Waals surface area contributed by atoms with Gasteiger partial charge in [-0.2, -0.15) is 0 Å². The van der Waals surface area contributed by atoms with Crippen molar-refractivity contribution in [1.29, 1.82) is 0 Å². The second-order valence-corrected chi connectivity index (χ2v) is 5.20. The molecule has 0 radical (unpaired) electrons. The molecule has 0 bridgehead atoms. The van der Waals surface area contributed by atoms with Gasteiger partial charge in [-0.05, 0) is 49.6 Å². The minimum Gasteiger partial charge on any atom is -0.478 e. The van der Waals surface area contributed by atoms with Gasteiger partial charge < -0.3 is 5.11 Å². The number of carboxylic acids is 1. The largest absolute Gasteiger partial charge is 0.478 e. The highest BCUT2D eigenvalue weighted by Gasteiger charge is 2.22. The fraction of sp³-hybridized carbons (Fsp3) is 0.438. The van der Waals surface area contributed by atoms with E-state index in [1.807, 2.05) is 0 Å². The Morgan fingerprint density at radius 3 is 3.05 bits per heavy atom. The molecule has 1 N–H and O–H groups in total. The number of likely N-dealkylation sites (tertiary alicyclic amines) is 1. The lowest BCUT2D eigenvalue weighted by molar-refractivity contribution is -0.131. The quantitative estimate of drug-likeness (QED) is 0.839. The summed E-state index contributed by atoms with van der Waals surface area (Å²) in [5.74, 6) is -1.46. The molecule has 3 nitrogen and oxygen atoms in total. The molecule has 1 fully saturated rings. The zero-order valence-electron chi connectivity index (χ0n) is 11.7. The normalized spacial score (nSPS) is 19.8. The highest BCUT2D eigenvalue weighted by atomic mass is 19.1. The molecule has 0 saturated carbocycles. The van der Waals surface area contributed by atoms with Gasteiger partial charge in [-0.3, -0.25) is 4.90 Å². The van der Waals surface area contributed by atoms with Crippen LogP contribution in [0.25, 0.3) is 6.08 Å². The molecule has 0 amide bonds. The van der Waals surface area contributed by atoms with Crippen LogP contribution in [-0.2, 0) is 11.3 Å². The third kappa shape index (κ3) is 3.67. The number of carboxylic acid groups (broad SMARTS) is 1. The summed E-state index contributed by atoms with van der Waals surface area (Å²) in [6.07, 6.45) is 5.84. The van der Waals surface area contributed by atoms with Crippen LogP contribution in [0, 0.1) is 5.82 Å². The first-order chi connectivity index (χ1) is 9.60. The zero-order valence-corrected chi connectivity index (χ0v) is 11.7. The van der Waals surface area contributed by atoms with Gasteiger partial charge in [0.1, 0.15) is 5.82 Å². The summed E-state index contributed by atoms with van der Waals surface area (Å²) >= 11 is 0. The fourth-order valence-electron chi connectivity index (χ4n) is 2.78. The summed E-state index contributed by atoms with van der Waals surface area (Å²) in [4.78, 5) is 12.9. The number of aliphatic carboxylic acids is 1. The van der Waals surface area contributed by atoms with Crippen molar-refractivity contribution in [2.75, 3.05) is 6.54 Å². The summed E-state index contributed by atoms with van der Waals surface area (Å²) < 4.78 is 13.6. The van der Waals surface area contributed by atoms with Gasteiger partial charge in [0.05, 0.1) is 0 Å². The SMILES string of the molecule is CCC1CCCN1Cc1ccc(F)c(C=CC(=O)O)c1. The van der Waals surface area contributed by atoms with Crippen LogP contribution < -0.4 is 0 Å². The van der Waals surface area contributed by atoms with Gasteiger partial charge in [0.2, 0.25) is 0 Å². The number of carbonyl (C=O) groups is 1. The lowest BCUT2D eigenvalue weighted by Gasteiger charge is -2.23. The summed E-state index contributed by atoms with van der Waals surface area (Å²) in [6.45, 7) is 4.07. The van der Waals surface area contributed by atoms with Gasteiger partial charge in [-0.25, -0.2) is 9.18 Å². The predicted molar refractivity (Wildman–Crippen MR) is 76.8 cm³/mol. The van der Waals surface area contributed by atoms with Crippen molar-refractivity contribution in [3.8, 4) is 0 Å². The molecule has 1 aliphatic heterocycles. The van der Waals surface area contributed by atoms with Crippen LogP contribution >= 0.6 is 0 Å². The summed E-state index contributed by atoms with van der Waals surface area (Å²) in [5, 5.41) is 8.61. The molecule has 0 aliphatic carbocycles. The maximum atomic E-state index is 13.6. The Labute approximate surface area is 118 Å². The first-order valence-electron chi connectivity index (χ1n) is 7.03. The highest BCUT2D eigenvalue weighted by molar-refractivity contribution is 5.85. The molecule has 4 heteroatoms. The minimum atomic E-state index is -1.07. The molecule has 1 aliphatic rings. The average molecular weight is 277 g/mol. The molecule has 1 aromatic carbocycles. The molecule has 20 heavy (non-hydrogen) atoms. The number of rotatable bonds is 5. The Hall–Kier alpha value is -1.68. The first kappa shape index (κ1) is 14.7. The minimum absolute atomic E-state index is 0.331. The fourth-order valence-corrected chi connectivity index (χ4v) is 2.78. The van der Waals surface area contributed by atoms with Gasteiger partial charge in [0, 0.05) is 24.2 Å². The number of nitrogens with zero attached hydrogens (tertiary/aromatic N) is 1. The molecule has 1 atom stereocenters. The zero-order chi connectivity index (χ0) is 14.5. The first-order valence-corrected chi connectivity index (χ1v) is 7.03. The molecule has 1 saturated heterocycles. The van der Waals surface area contributed by atoms with Crippen LogP contribution in [0.5, 0.6) is 0 Å². The van der Waals surface area contributed by atoms with Crippen molar-refractivity contribution in [2.24, 2.45) is 0 Å². The van der Waals surface area contributed by atoms with Crippen LogP contribution in [0.1, 0.15) is 37.3 Å². The number of hydrogen-bond donors (Lipinski definition) is 1. The summed E-state index contributed by atoms with van der Waals surface area (Å²) in [7, 11) is 0. The number of hydrogen-bond acceptors (Lipinski definition) is 2. The van der Waals surface area contributed by atoms with Crippen LogP contribution in [0.15, 0.2) is 24.3 Å². The Morgan fingerprint density at radius 2 is 2.35 bits per heavy atom. The van der Waals surface area contributed by atoms with Gasteiger partial charge >= 0.3 is 5.97 Å². The van der Waals surface area contributed by atoms with E-state index in [1.54, 1.807) is 12.1 Å². The van der Waals surface area contributed by atoms with Gasteiger partial charge in [-0.1, -0.05) is 13.0 Å². The van der Waals surface area contributed by atoms with E-state index >= 15 is 0 Å². The van der Waals surface area contributed by atoms with Crippen LogP contribution in [-0.4, -0.2) is 28.6 Å². The van der Waals surface area contributed by atoms with Crippen LogP contribution in [0.3, 0.4) is 0 Å². The van der Waals surface area contributed by atoms with E-state index < -0.39 is 5.97 Å². The second-order valence-electron chi connectivity index (χ2n) is 5.20. The lowest BCUT2D eigenvalue weighted by atomic mass is 10.1. The lowest BCUT2D eigenvalue weighted by Crippen LogP contribution is -2.28. The molecule has 0 spiro atoms. The van der Waals surface area contributed by atoms with Crippen LogP contribution in [0.2, 0.25) is 0 Å². The Kier molecular flexibility index (Phi) is 4.90. The third-order valence-corrected chi connectivity index (χ3v) is 3.82. The van der Waals surface area contributed by atoms with Crippen molar-refractivity contribution in [2.45, 2.75) is 38.8 Å². The van der Waals surface area contributed by atoms with E-state index in [-0.39, 0.29) is 5.82 Å². The van der Waals surface area contributed by atoms with Gasteiger partial charge in [0.15, 0.2) is 0 Å². The molecule has 2 rings (SSSR count). The smallest absolute Gasteiger partial charge is 0.328 e. The van der Waals surface area contributed by atoms with Crippen molar-refractivity contribution < 1.29 is 14.3 Å². The molecule has 108 valence electrons. The van der Waals surface area contributed by atoms with Crippen molar-refractivity contribution in [3.63, 3.8) is 0 Å². The summed E-state index contributed by atoms with van der Waals surface area (Å²) in [5.41, 5.74) is 1.36. The third-order valence-electron chi connectivity index (χ3n) is 3.82. The Morgan fingerprint density at radius 1 is 1.55 bits per heavy atom. The standard InChI is InChI=1S/C16H20FNO2/c1-2-14-4-3-9-18(14)11-12-5-7-15(17)13(10-12)6-8-16(19)20/h5-8,10,14H,2-4,9,11H2,1H3,(H,19,20). The molecule has 1 aromatic rings. The second kappa shape index (κ2) is 6.66. The average Bonchev–Trinajstić information content (AvgIpc) is 2.86. The van der Waals surface area contributed by atoms with E-state index in [0.717, 1.165) is 31.1 Å². The monoisotopic (exact) mass is 277 g/mol. The van der Waals surface area contributed by atoms with E-state index in [0.29, 0.717) is 11.6 Å². The topological polar surface area (TPSA) is 40.5 Å². The molecule has 0 aromatic heterocycles. The number of halogens is 1. The van der Waals surface area contributed by atoms with Crippen molar-refractivity contribution >= 4 is 12.0 Å². The number of benzene rings is 1. The maximum absolute atomic E-state index is 13.6. The van der Waals surface area contributed by atoms with Gasteiger partial charge in [0.25, 0.3) is 0 Å². The molecular weight excluding hydrogens is 257 g/mol. The van der Waals surface area contributed by atoms with E-state index in [4.69, 9.17) is 5.11 Å². The highest BCUT2D eigenvalue weighted by Crippen LogP contribution is 2.23. The Balaban J connectivity index is 2.12. The molecule has 1 heterocycles. The van der Waals surface area contributed by atoms with Crippen molar-refractivity contribution in [1.82, 2.24) is 4.90 Å². The molecular formula is C16H20FNO2. The summed E-state index contributed by atoms with van der Waals surface area (Å²) in [6, 6.07) is 5.53.